The third-order valence-electron chi connectivity index (χ3n) is 4.96. The van der Waals surface area contributed by atoms with Gasteiger partial charge >= 0.3 is 6.03 Å². The van der Waals surface area contributed by atoms with E-state index in [2.05, 4.69) is 16.4 Å². The summed E-state index contributed by atoms with van der Waals surface area (Å²) in [6.07, 6.45) is 2.93. The summed E-state index contributed by atoms with van der Waals surface area (Å²) in [5.41, 5.74) is 0. The number of carbonyl (C=O) groups is 2. The van der Waals surface area contributed by atoms with Gasteiger partial charge in [0.1, 0.15) is 6.17 Å². The summed E-state index contributed by atoms with van der Waals surface area (Å²) in [6.45, 7) is 3.83. The number of carbonyl (C=O) groups excluding carboxylic acids is 2. The monoisotopic (exact) mass is 332 g/mol. The van der Waals surface area contributed by atoms with Crippen molar-refractivity contribution in [1.82, 2.24) is 20.0 Å². The summed E-state index contributed by atoms with van der Waals surface area (Å²) in [4.78, 5) is 34.8. The highest BCUT2D eigenvalue weighted by molar-refractivity contribution is 6.04. The van der Waals surface area contributed by atoms with Gasteiger partial charge in [-0.1, -0.05) is 6.42 Å². The van der Waals surface area contributed by atoms with Crippen LogP contribution in [0.15, 0.2) is 4.99 Å². The van der Waals surface area contributed by atoms with Gasteiger partial charge in [0.2, 0.25) is 0 Å². The first-order valence-electron chi connectivity index (χ1n) is 8.60. The molecule has 3 heterocycles. The fraction of sp³-hybridized carbons (Fsp3) is 0.750. The second-order valence-corrected chi connectivity index (χ2v) is 6.70. The lowest BCUT2D eigenvalue weighted by atomic mass is 10.0. The lowest BCUT2D eigenvalue weighted by molar-refractivity contribution is -0.137. The van der Waals surface area contributed by atoms with E-state index in [0.29, 0.717) is 6.54 Å². The molecule has 8 heteroatoms. The maximum absolute atomic E-state index is 12.9. The SMILES string of the molecule is C[C@@H](C#N)CCCCN1C(=O)C2C(NC3=NCCCN32)N(C)C1=O. The topological polar surface area (TPSA) is 92.0 Å². The summed E-state index contributed by atoms with van der Waals surface area (Å²) in [6, 6.07) is 1.56. The van der Waals surface area contributed by atoms with Crippen molar-refractivity contribution < 1.29 is 9.59 Å². The molecule has 3 aliphatic heterocycles. The van der Waals surface area contributed by atoms with Gasteiger partial charge in [0.15, 0.2) is 12.0 Å². The maximum Gasteiger partial charge on any atom is 0.328 e. The Labute approximate surface area is 142 Å². The second-order valence-electron chi connectivity index (χ2n) is 6.70. The van der Waals surface area contributed by atoms with Crippen LogP contribution < -0.4 is 5.32 Å². The van der Waals surface area contributed by atoms with Gasteiger partial charge in [-0.25, -0.2) is 4.79 Å². The number of imide groups is 1. The van der Waals surface area contributed by atoms with Gasteiger partial charge in [-0.15, -0.1) is 0 Å². The number of nitrogens with zero attached hydrogens (tertiary/aromatic N) is 5. The average molecular weight is 332 g/mol. The van der Waals surface area contributed by atoms with Gasteiger partial charge in [0.05, 0.1) is 6.07 Å². The first kappa shape index (κ1) is 16.6. The largest absolute Gasteiger partial charge is 0.334 e. The van der Waals surface area contributed by atoms with Crippen LogP contribution in [0.4, 0.5) is 4.79 Å². The van der Waals surface area contributed by atoms with Crippen molar-refractivity contribution in [3.63, 3.8) is 0 Å². The molecule has 1 N–H and O–H groups in total. The van der Waals surface area contributed by atoms with Crippen LogP contribution in [-0.4, -0.2) is 71.5 Å². The minimum absolute atomic E-state index is 0.0102. The molecule has 2 saturated heterocycles. The van der Waals surface area contributed by atoms with Crippen LogP contribution in [0.3, 0.4) is 0 Å². The van der Waals surface area contributed by atoms with E-state index < -0.39 is 0 Å². The predicted octanol–water partition coefficient (Wildman–Crippen LogP) is 0.570. The highest BCUT2D eigenvalue weighted by Gasteiger charge is 2.53. The van der Waals surface area contributed by atoms with Crippen molar-refractivity contribution in [3.8, 4) is 6.07 Å². The predicted molar refractivity (Wildman–Crippen MR) is 87.8 cm³/mol. The van der Waals surface area contributed by atoms with Crippen molar-refractivity contribution in [2.75, 3.05) is 26.7 Å². The van der Waals surface area contributed by atoms with E-state index in [-0.39, 0.29) is 30.1 Å². The fourth-order valence-electron chi connectivity index (χ4n) is 3.53. The molecule has 24 heavy (non-hydrogen) atoms. The van der Waals surface area contributed by atoms with E-state index in [1.807, 2.05) is 11.8 Å². The molecule has 0 aromatic heterocycles. The lowest BCUT2D eigenvalue weighted by Crippen LogP contribution is -2.66. The molecule has 0 radical (unpaired) electrons. The van der Waals surface area contributed by atoms with E-state index in [1.165, 1.54) is 4.90 Å². The van der Waals surface area contributed by atoms with Gasteiger partial charge in [-0.2, -0.15) is 5.26 Å². The first-order chi connectivity index (χ1) is 11.5. The van der Waals surface area contributed by atoms with Crippen molar-refractivity contribution >= 4 is 17.9 Å². The molecule has 8 nitrogen and oxygen atoms in total. The Bertz CT molecular complexity index is 598. The Morgan fingerprint density at radius 2 is 2.21 bits per heavy atom. The number of unbranched alkanes of at least 4 members (excludes halogenated alkanes) is 1. The van der Waals surface area contributed by atoms with Crippen molar-refractivity contribution in [3.05, 3.63) is 0 Å². The van der Waals surface area contributed by atoms with E-state index in [1.54, 1.807) is 11.9 Å². The van der Waals surface area contributed by atoms with E-state index in [9.17, 15) is 9.59 Å². The molecule has 0 bridgehead atoms. The van der Waals surface area contributed by atoms with Gasteiger partial charge in [-0.3, -0.25) is 14.7 Å². The molecule has 3 rings (SSSR count). The molecule has 0 aromatic carbocycles. The zero-order valence-electron chi connectivity index (χ0n) is 14.2. The van der Waals surface area contributed by atoms with Crippen LogP contribution in [0, 0.1) is 17.2 Å². The molecule has 0 aromatic rings. The minimum atomic E-state index is -0.384. The Hall–Kier alpha value is -2.30. The van der Waals surface area contributed by atoms with Crippen LogP contribution in [0.2, 0.25) is 0 Å². The van der Waals surface area contributed by atoms with E-state index >= 15 is 0 Å². The zero-order valence-corrected chi connectivity index (χ0v) is 14.2. The van der Waals surface area contributed by atoms with Crippen LogP contribution in [0.5, 0.6) is 0 Å². The molecule has 3 amide bonds. The Morgan fingerprint density at radius 1 is 1.42 bits per heavy atom. The van der Waals surface area contributed by atoms with Crippen molar-refractivity contribution in [2.45, 2.75) is 44.8 Å². The van der Waals surface area contributed by atoms with Crippen molar-refractivity contribution in [2.24, 2.45) is 10.9 Å². The number of guanidine groups is 1. The van der Waals surface area contributed by atoms with Gasteiger partial charge in [0, 0.05) is 32.6 Å². The Balaban J connectivity index is 1.67. The molecular formula is C16H24N6O2. The van der Waals surface area contributed by atoms with Crippen LogP contribution in [0.1, 0.15) is 32.6 Å². The summed E-state index contributed by atoms with van der Waals surface area (Å²) in [5, 5.41) is 12.0. The van der Waals surface area contributed by atoms with Crippen LogP contribution >= 0.6 is 0 Å². The molecule has 0 spiro atoms. The highest BCUT2D eigenvalue weighted by Crippen LogP contribution is 2.26. The summed E-state index contributed by atoms with van der Waals surface area (Å²) in [5.74, 6) is 0.598. The number of nitrogens with one attached hydrogen (secondary N) is 1. The second kappa shape index (κ2) is 6.67. The molecule has 3 atom stereocenters. The summed E-state index contributed by atoms with van der Waals surface area (Å²) < 4.78 is 0. The average Bonchev–Trinajstić information content (AvgIpc) is 2.98. The van der Waals surface area contributed by atoms with Gasteiger partial charge in [0.25, 0.3) is 5.91 Å². The smallest absolute Gasteiger partial charge is 0.328 e. The molecule has 3 aliphatic rings. The number of nitriles is 1. The quantitative estimate of drug-likeness (QED) is 0.743. The lowest BCUT2D eigenvalue weighted by Gasteiger charge is -2.41. The third-order valence-corrected chi connectivity index (χ3v) is 4.96. The molecule has 2 unspecified atom stereocenters. The summed E-state index contributed by atoms with van der Waals surface area (Å²) >= 11 is 0. The number of fused-ring (bicyclic) bond motifs is 3. The van der Waals surface area contributed by atoms with Gasteiger partial charge in [-0.05, 0) is 26.2 Å². The van der Waals surface area contributed by atoms with Crippen LogP contribution in [0.25, 0.3) is 0 Å². The third kappa shape index (κ3) is 2.79. The molecule has 0 saturated carbocycles. The zero-order chi connectivity index (χ0) is 17.3. The minimum Gasteiger partial charge on any atom is -0.334 e. The normalized spacial score (nSPS) is 27.2. The van der Waals surface area contributed by atoms with E-state index in [0.717, 1.165) is 44.7 Å². The number of rotatable bonds is 5. The number of likely N-dealkylation sites (N-methyl/N-ethyl adjacent to an activating group) is 1. The number of aliphatic imine (C=N–C) groups is 1. The Kier molecular flexibility index (Phi) is 4.60. The number of urea groups is 1. The van der Waals surface area contributed by atoms with Gasteiger partial charge < -0.3 is 15.1 Å². The number of hydrogen-bond acceptors (Lipinski definition) is 6. The number of hydrogen-bond donors (Lipinski definition) is 1. The van der Waals surface area contributed by atoms with Crippen LogP contribution in [-0.2, 0) is 4.79 Å². The molecular weight excluding hydrogens is 308 g/mol. The molecule has 2 fully saturated rings. The molecule has 0 aliphatic carbocycles. The van der Waals surface area contributed by atoms with Crippen molar-refractivity contribution in [1.29, 1.82) is 5.26 Å². The Morgan fingerprint density at radius 3 is 2.96 bits per heavy atom. The fourth-order valence-corrected chi connectivity index (χ4v) is 3.53. The summed E-state index contributed by atoms with van der Waals surface area (Å²) in [7, 11) is 1.73. The maximum atomic E-state index is 12.9. The van der Waals surface area contributed by atoms with E-state index in [4.69, 9.17) is 5.26 Å². The molecule has 130 valence electrons. The highest BCUT2D eigenvalue weighted by atomic mass is 16.2. The first-order valence-corrected chi connectivity index (χ1v) is 8.60. The number of amides is 3. The standard InChI is InChI=1S/C16H24N6O2/c1-11(10-17)6-3-4-8-22-14(23)12-13(20(2)16(22)24)19-15-18-7-5-9-21(12)15/h11-13H,3-9H2,1-2H3,(H,18,19)/t11-,12?,13?/m1/s1.